The monoisotopic (exact) mass is 159 g/mol. The molecule has 0 saturated carbocycles. The highest BCUT2D eigenvalue weighted by atomic mass is 31.0. The van der Waals surface area contributed by atoms with Crippen molar-refractivity contribution in [2.24, 2.45) is 0 Å². The minimum atomic E-state index is 0.969. The van der Waals surface area contributed by atoms with Gasteiger partial charge in [0.1, 0.15) is 0 Å². The summed E-state index contributed by atoms with van der Waals surface area (Å²) in [7, 11) is 2.51. The van der Waals surface area contributed by atoms with Crippen molar-refractivity contribution in [2.45, 2.75) is 6.42 Å². The Morgan fingerprint density at radius 3 is 3.20 bits per heavy atom. The van der Waals surface area contributed by atoms with Gasteiger partial charge in [0.25, 0.3) is 0 Å². The van der Waals surface area contributed by atoms with E-state index in [9.17, 15) is 0 Å². The Hall–Kier alpha value is -0.270. The average molecular weight is 159 g/mol. The Bertz CT molecular complexity index is 116. The van der Waals surface area contributed by atoms with Crippen LogP contribution in [-0.2, 0) is 0 Å². The van der Waals surface area contributed by atoms with E-state index in [0.29, 0.717) is 0 Å². The molecule has 10 heavy (non-hydrogen) atoms. The fourth-order valence-electron chi connectivity index (χ4n) is 0.919. The molecule has 1 heterocycles. The van der Waals surface area contributed by atoms with E-state index in [1.54, 1.807) is 0 Å². The molecule has 58 valence electrons. The number of nitrogens with zero attached hydrogens (tertiary/aromatic N) is 1. The third kappa shape index (κ3) is 2.54. The van der Waals surface area contributed by atoms with Gasteiger partial charge in [0.2, 0.25) is 0 Å². The lowest BCUT2D eigenvalue weighted by Crippen LogP contribution is -2.23. The van der Waals surface area contributed by atoms with Gasteiger partial charge >= 0.3 is 0 Å². The van der Waals surface area contributed by atoms with E-state index in [-0.39, 0.29) is 0 Å². The molecule has 0 spiro atoms. The zero-order chi connectivity index (χ0) is 7.23. The summed E-state index contributed by atoms with van der Waals surface area (Å²) in [6, 6.07) is 0. The van der Waals surface area contributed by atoms with Crippen molar-refractivity contribution in [2.75, 3.05) is 19.8 Å². The first-order chi connectivity index (χ1) is 4.93. The highest BCUT2D eigenvalue weighted by Crippen LogP contribution is 1.95. The molecule has 0 radical (unpaired) electrons. The van der Waals surface area contributed by atoms with Crippen molar-refractivity contribution >= 4 is 9.39 Å². The van der Waals surface area contributed by atoms with Gasteiger partial charge < -0.3 is 15.3 Å². The zero-order valence-electron chi connectivity index (χ0n) is 6.01. The third-order valence-electron chi connectivity index (χ3n) is 1.46. The third-order valence-corrected chi connectivity index (χ3v) is 1.75. The predicted molar refractivity (Wildman–Crippen MR) is 46.2 cm³/mol. The molecule has 0 bridgehead atoms. The molecule has 0 aromatic heterocycles. The van der Waals surface area contributed by atoms with E-state index in [4.69, 9.17) is 0 Å². The van der Waals surface area contributed by atoms with Crippen LogP contribution in [-0.4, -0.2) is 24.7 Å². The smallest absolute Gasteiger partial charge is 0.0867 e. The maximum Gasteiger partial charge on any atom is 0.0867 e. The summed E-state index contributed by atoms with van der Waals surface area (Å²) >= 11 is 0. The maximum absolute atomic E-state index is 3.12. The number of rotatable bonds is 4. The van der Waals surface area contributed by atoms with Crippen molar-refractivity contribution < 1.29 is 0 Å². The highest BCUT2D eigenvalue weighted by molar-refractivity contribution is 7.13. The Labute approximate surface area is 64.1 Å². The summed E-state index contributed by atoms with van der Waals surface area (Å²) in [5, 5.41) is 6.16. The Kier molecular flexibility index (Phi) is 3.55. The molecule has 4 heteroatoms. The van der Waals surface area contributed by atoms with Crippen molar-refractivity contribution in [1.82, 2.24) is 15.3 Å². The molecule has 1 atom stereocenters. The largest absolute Gasteiger partial charge is 0.373 e. The minimum absolute atomic E-state index is 0.969. The summed E-state index contributed by atoms with van der Waals surface area (Å²) in [6.07, 6.45) is 5.26. The first-order valence-electron chi connectivity index (χ1n) is 3.51. The first-order valence-corrected chi connectivity index (χ1v) is 4.09. The predicted octanol–water partition coefficient (Wildman–Crippen LogP) is 0.0901. The summed E-state index contributed by atoms with van der Waals surface area (Å²) in [4.78, 5) is 2.25. The van der Waals surface area contributed by atoms with Gasteiger partial charge in [-0.3, -0.25) is 0 Å². The Balaban J connectivity index is 1.97. The molecule has 1 aliphatic rings. The lowest BCUT2D eigenvalue weighted by atomic mass is 10.4. The second-order valence-corrected chi connectivity index (χ2v) is 2.71. The fraction of sp³-hybridized carbons (Fsp3) is 0.667. The van der Waals surface area contributed by atoms with Crippen LogP contribution in [0.5, 0.6) is 0 Å². The number of nitrogens with one attached hydrogen (secondary N) is 2. The zero-order valence-corrected chi connectivity index (χ0v) is 7.16. The van der Waals surface area contributed by atoms with E-state index in [1.165, 1.54) is 6.42 Å². The molecule has 0 amide bonds. The first kappa shape index (κ1) is 7.83. The van der Waals surface area contributed by atoms with Crippen LogP contribution in [0.25, 0.3) is 0 Å². The van der Waals surface area contributed by atoms with Crippen molar-refractivity contribution in [1.29, 1.82) is 0 Å². The molecule has 0 aliphatic carbocycles. The second-order valence-electron chi connectivity index (χ2n) is 2.30. The summed E-state index contributed by atoms with van der Waals surface area (Å²) in [5.41, 5.74) is 0. The van der Waals surface area contributed by atoms with Gasteiger partial charge in [-0.2, -0.15) is 0 Å². The van der Waals surface area contributed by atoms with Gasteiger partial charge in [0.15, 0.2) is 0 Å². The normalized spacial score (nSPS) is 15.9. The fourth-order valence-corrected chi connectivity index (χ4v) is 1.12. The van der Waals surface area contributed by atoms with Crippen molar-refractivity contribution in [3.63, 3.8) is 0 Å². The summed E-state index contributed by atoms with van der Waals surface area (Å²) in [5.74, 6) is 0. The van der Waals surface area contributed by atoms with E-state index in [1.807, 2.05) is 6.20 Å². The van der Waals surface area contributed by atoms with Gasteiger partial charge in [-0.05, 0) is 6.42 Å². The van der Waals surface area contributed by atoms with Crippen LogP contribution in [0.4, 0.5) is 0 Å². The van der Waals surface area contributed by atoms with Crippen LogP contribution in [0.3, 0.4) is 0 Å². The van der Waals surface area contributed by atoms with Crippen LogP contribution in [0, 0.1) is 0 Å². The Morgan fingerprint density at radius 2 is 2.60 bits per heavy atom. The molecule has 0 aromatic carbocycles. The molecule has 3 nitrogen and oxygen atoms in total. The standard InChI is InChI=1S/C6H14N3P/c10-8-2-1-4-9-5-3-7-6-9/h3,5,7-8H,1-2,4,6,10H2. The van der Waals surface area contributed by atoms with Gasteiger partial charge in [-0.1, -0.05) is 9.39 Å². The van der Waals surface area contributed by atoms with Crippen molar-refractivity contribution in [3.05, 3.63) is 12.4 Å². The lowest BCUT2D eigenvalue weighted by Gasteiger charge is -2.13. The molecule has 1 aliphatic heterocycles. The summed E-state index contributed by atoms with van der Waals surface area (Å²) in [6.45, 7) is 3.16. The molecular formula is C6H14N3P. The van der Waals surface area contributed by atoms with E-state index < -0.39 is 0 Å². The molecular weight excluding hydrogens is 145 g/mol. The number of hydrogen-bond donors (Lipinski definition) is 2. The van der Waals surface area contributed by atoms with Crippen LogP contribution in [0.15, 0.2) is 12.4 Å². The lowest BCUT2D eigenvalue weighted by molar-refractivity contribution is 0.385. The van der Waals surface area contributed by atoms with E-state index >= 15 is 0 Å². The molecule has 1 rings (SSSR count). The maximum atomic E-state index is 3.12. The van der Waals surface area contributed by atoms with Crippen LogP contribution in [0.1, 0.15) is 6.42 Å². The minimum Gasteiger partial charge on any atom is -0.373 e. The van der Waals surface area contributed by atoms with Gasteiger partial charge in [0.05, 0.1) is 6.67 Å². The molecule has 0 fully saturated rings. The molecule has 0 saturated heterocycles. The second kappa shape index (κ2) is 4.53. The van der Waals surface area contributed by atoms with Gasteiger partial charge in [-0.25, -0.2) is 0 Å². The highest BCUT2D eigenvalue weighted by Gasteiger charge is 2.00. The van der Waals surface area contributed by atoms with Gasteiger partial charge in [-0.15, -0.1) is 0 Å². The average Bonchev–Trinajstić information content (AvgIpc) is 2.41. The van der Waals surface area contributed by atoms with E-state index in [0.717, 1.165) is 19.8 Å². The molecule has 0 aromatic rings. The molecule has 1 unspecified atom stereocenters. The number of hydrogen-bond acceptors (Lipinski definition) is 3. The quantitative estimate of drug-likeness (QED) is 0.449. The van der Waals surface area contributed by atoms with Gasteiger partial charge in [0, 0.05) is 25.5 Å². The van der Waals surface area contributed by atoms with Crippen molar-refractivity contribution in [3.8, 4) is 0 Å². The van der Waals surface area contributed by atoms with Crippen LogP contribution < -0.4 is 10.4 Å². The molecule has 2 N–H and O–H groups in total. The summed E-state index contributed by atoms with van der Waals surface area (Å²) < 4.78 is 0. The Morgan fingerprint density at radius 1 is 1.70 bits per heavy atom. The topological polar surface area (TPSA) is 27.3 Å². The van der Waals surface area contributed by atoms with Crippen LogP contribution >= 0.6 is 9.39 Å². The SMILES string of the molecule is PNCCCN1C=CNC1. The van der Waals surface area contributed by atoms with E-state index in [2.05, 4.69) is 30.9 Å². The van der Waals surface area contributed by atoms with Crippen LogP contribution in [0.2, 0.25) is 0 Å².